The average Bonchev–Trinajstić information content (AvgIpc) is 2.70. The molecule has 0 N–H and O–H groups in total. The van der Waals surface area contributed by atoms with Crippen molar-refractivity contribution in [3.63, 3.8) is 0 Å². The van der Waals surface area contributed by atoms with Gasteiger partial charge in [-0.05, 0) is 61.7 Å². The van der Waals surface area contributed by atoms with Crippen LogP contribution in [0.1, 0.15) is 59.8 Å². The van der Waals surface area contributed by atoms with E-state index in [1.165, 1.54) is 32.1 Å². The quantitative estimate of drug-likeness (QED) is 0.507. The standard InChI is InChI=1S/C15H24/c1-10-7-8-15-11(2)5-6-13(15)14(3,4)9-12(10)15/h11,13H,5-9H2,1-4H3/t11-,13+,15-/m0/s1. The van der Waals surface area contributed by atoms with Crippen LogP contribution in [0.3, 0.4) is 0 Å². The maximum atomic E-state index is 2.51. The maximum absolute atomic E-state index is 2.51. The molecule has 0 aromatic heterocycles. The highest BCUT2D eigenvalue weighted by Crippen LogP contribution is 2.71. The van der Waals surface area contributed by atoms with Crippen molar-refractivity contribution >= 4 is 0 Å². The number of allylic oxidation sites excluding steroid dienone is 2. The van der Waals surface area contributed by atoms with Gasteiger partial charge in [0.25, 0.3) is 0 Å². The third-order valence-corrected chi connectivity index (χ3v) is 5.96. The van der Waals surface area contributed by atoms with Gasteiger partial charge in [-0.15, -0.1) is 0 Å². The van der Waals surface area contributed by atoms with Crippen molar-refractivity contribution in [3.05, 3.63) is 11.1 Å². The second-order valence-electron chi connectivity index (χ2n) is 7.00. The Morgan fingerprint density at radius 3 is 2.67 bits per heavy atom. The molecule has 2 fully saturated rings. The molecule has 0 amide bonds. The van der Waals surface area contributed by atoms with Gasteiger partial charge in [0.05, 0.1) is 0 Å². The fraction of sp³-hybridized carbons (Fsp3) is 0.867. The minimum absolute atomic E-state index is 0.585. The number of hydrogen-bond acceptors (Lipinski definition) is 0. The molecule has 0 aliphatic heterocycles. The van der Waals surface area contributed by atoms with E-state index in [-0.39, 0.29) is 0 Å². The summed E-state index contributed by atoms with van der Waals surface area (Å²) in [6.45, 7) is 9.93. The second kappa shape index (κ2) is 2.70. The molecule has 2 saturated carbocycles. The molecule has 3 aliphatic carbocycles. The van der Waals surface area contributed by atoms with Gasteiger partial charge >= 0.3 is 0 Å². The minimum Gasteiger partial charge on any atom is -0.0735 e. The molecule has 84 valence electrons. The zero-order valence-corrected chi connectivity index (χ0v) is 10.7. The molecule has 0 heterocycles. The predicted octanol–water partition coefficient (Wildman–Crippen LogP) is 4.56. The maximum Gasteiger partial charge on any atom is -0.00232 e. The highest BCUT2D eigenvalue weighted by molar-refractivity contribution is 5.37. The Hall–Kier alpha value is -0.260. The highest BCUT2D eigenvalue weighted by atomic mass is 14.7. The van der Waals surface area contributed by atoms with Gasteiger partial charge in [0.2, 0.25) is 0 Å². The van der Waals surface area contributed by atoms with Gasteiger partial charge in [-0.2, -0.15) is 0 Å². The molecule has 0 unspecified atom stereocenters. The lowest BCUT2D eigenvalue weighted by Gasteiger charge is -2.36. The monoisotopic (exact) mass is 204 g/mol. The van der Waals surface area contributed by atoms with E-state index in [1.54, 1.807) is 5.57 Å². The van der Waals surface area contributed by atoms with Crippen LogP contribution in [0, 0.1) is 22.7 Å². The molecule has 0 nitrogen and oxygen atoms in total. The van der Waals surface area contributed by atoms with Crippen LogP contribution in [0.5, 0.6) is 0 Å². The van der Waals surface area contributed by atoms with Gasteiger partial charge in [-0.25, -0.2) is 0 Å². The summed E-state index contributed by atoms with van der Waals surface area (Å²) in [5, 5.41) is 0. The van der Waals surface area contributed by atoms with Crippen molar-refractivity contribution in [1.82, 2.24) is 0 Å². The Balaban J connectivity index is 2.15. The van der Waals surface area contributed by atoms with Crippen LogP contribution in [-0.4, -0.2) is 0 Å². The Bertz CT molecular complexity index is 334. The molecular weight excluding hydrogens is 180 g/mol. The van der Waals surface area contributed by atoms with E-state index in [0.29, 0.717) is 10.8 Å². The molecule has 0 aromatic carbocycles. The molecule has 0 radical (unpaired) electrons. The minimum atomic E-state index is 0.585. The van der Waals surface area contributed by atoms with Gasteiger partial charge in [-0.3, -0.25) is 0 Å². The van der Waals surface area contributed by atoms with E-state index < -0.39 is 0 Å². The number of rotatable bonds is 0. The molecule has 0 aromatic rings. The van der Waals surface area contributed by atoms with E-state index in [2.05, 4.69) is 27.7 Å². The topological polar surface area (TPSA) is 0 Å². The third kappa shape index (κ3) is 0.990. The second-order valence-corrected chi connectivity index (χ2v) is 7.00. The van der Waals surface area contributed by atoms with Gasteiger partial charge in [0.15, 0.2) is 0 Å². The third-order valence-electron chi connectivity index (χ3n) is 5.96. The van der Waals surface area contributed by atoms with Crippen molar-refractivity contribution in [3.8, 4) is 0 Å². The summed E-state index contributed by atoms with van der Waals surface area (Å²) in [4.78, 5) is 0. The van der Waals surface area contributed by atoms with E-state index >= 15 is 0 Å². The summed E-state index contributed by atoms with van der Waals surface area (Å²) in [6, 6.07) is 0. The van der Waals surface area contributed by atoms with Gasteiger partial charge in [-0.1, -0.05) is 31.9 Å². The van der Waals surface area contributed by atoms with E-state index in [4.69, 9.17) is 0 Å². The van der Waals surface area contributed by atoms with Crippen LogP contribution in [0.2, 0.25) is 0 Å². The van der Waals surface area contributed by atoms with Crippen LogP contribution in [0.4, 0.5) is 0 Å². The zero-order chi connectivity index (χ0) is 10.8. The molecule has 0 bridgehead atoms. The summed E-state index contributed by atoms with van der Waals surface area (Å²) in [7, 11) is 0. The molecule has 0 saturated heterocycles. The fourth-order valence-electron chi connectivity index (χ4n) is 5.28. The summed E-state index contributed by atoms with van der Waals surface area (Å²) in [6.07, 6.45) is 7.24. The first kappa shape index (κ1) is 9.93. The van der Waals surface area contributed by atoms with Gasteiger partial charge < -0.3 is 0 Å². The van der Waals surface area contributed by atoms with Crippen LogP contribution in [-0.2, 0) is 0 Å². The van der Waals surface area contributed by atoms with Crippen LogP contribution >= 0.6 is 0 Å². The van der Waals surface area contributed by atoms with E-state index in [9.17, 15) is 0 Å². The Morgan fingerprint density at radius 2 is 1.93 bits per heavy atom. The molecule has 3 rings (SSSR count). The summed E-state index contributed by atoms with van der Waals surface area (Å²) >= 11 is 0. The van der Waals surface area contributed by atoms with Crippen molar-refractivity contribution < 1.29 is 0 Å². The molecule has 15 heavy (non-hydrogen) atoms. The summed E-state index contributed by atoms with van der Waals surface area (Å²) < 4.78 is 0. The number of hydrogen-bond donors (Lipinski definition) is 0. The van der Waals surface area contributed by atoms with Crippen LogP contribution in [0.15, 0.2) is 11.1 Å². The molecule has 1 spiro atoms. The summed E-state index contributed by atoms with van der Waals surface area (Å²) in [5.41, 5.74) is 4.89. The molecule has 3 atom stereocenters. The molecule has 3 aliphatic rings. The van der Waals surface area contributed by atoms with E-state index in [1.807, 2.05) is 5.57 Å². The smallest absolute Gasteiger partial charge is 0.00232 e. The normalized spacial score (nSPS) is 47.2. The zero-order valence-electron chi connectivity index (χ0n) is 10.7. The van der Waals surface area contributed by atoms with Crippen LogP contribution < -0.4 is 0 Å². The van der Waals surface area contributed by atoms with Crippen molar-refractivity contribution in [2.45, 2.75) is 59.8 Å². The lowest BCUT2D eigenvalue weighted by molar-refractivity contribution is 0.141. The lowest BCUT2D eigenvalue weighted by Crippen LogP contribution is -2.30. The van der Waals surface area contributed by atoms with Gasteiger partial charge in [0.1, 0.15) is 0 Å². The Kier molecular flexibility index (Phi) is 1.79. The SMILES string of the molecule is CC1=C2CC(C)(C)[C@H]3CC[C@H](C)[C@@]23CC1. The Labute approximate surface area is 94.1 Å². The highest BCUT2D eigenvalue weighted by Gasteiger charge is 2.62. The fourth-order valence-corrected chi connectivity index (χ4v) is 5.28. The van der Waals surface area contributed by atoms with Crippen molar-refractivity contribution in [2.24, 2.45) is 22.7 Å². The first-order valence-corrected chi connectivity index (χ1v) is 6.67. The first-order chi connectivity index (χ1) is 6.98. The van der Waals surface area contributed by atoms with Crippen molar-refractivity contribution in [1.29, 1.82) is 0 Å². The van der Waals surface area contributed by atoms with Crippen LogP contribution in [0.25, 0.3) is 0 Å². The van der Waals surface area contributed by atoms with E-state index in [0.717, 1.165) is 11.8 Å². The van der Waals surface area contributed by atoms with Crippen molar-refractivity contribution in [2.75, 3.05) is 0 Å². The first-order valence-electron chi connectivity index (χ1n) is 6.67. The average molecular weight is 204 g/mol. The molecular formula is C15H24. The molecule has 0 heteroatoms. The lowest BCUT2D eigenvalue weighted by atomic mass is 9.68. The predicted molar refractivity (Wildman–Crippen MR) is 64.7 cm³/mol. The summed E-state index contributed by atoms with van der Waals surface area (Å²) in [5.74, 6) is 1.95. The van der Waals surface area contributed by atoms with Gasteiger partial charge in [0, 0.05) is 0 Å². The largest absolute Gasteiger partial charge is 0.0735 e. The Morgan fingerprint density at radius 1 is 1.20 bits per heavy atom.